The molecule has 0 aromatic heterocycles. The highest BCUT2D eigenvalue weighted by molar-refractivity contribution is 5.94. The predicted molar refractivity (Wildman–Crippen MR) is 91.3 cm³/mol. The summed E-state index contributed by atoms with van der Waals surface area (Å²) in [6.07, 6.45) is -5.10. The van der Waals surface area contributed by atoms with E-state index in [1.807, 2.05) is 13.8 Å². The van der Waals surface area contributed by atoms with Crippen LogP contribution in [0.4, 0.5) is 13.2 Å². The third-order valence-electron chi connectivity index (χ3n) is 5.73. The Morgan fingerprint density at radius 3 is 2.25 bits per heavy atom. The summed E-state index contributed by atoms with van der Waals surface area (Å²) in [5.41, 5.74) is 5.10. The Kier molecular flexibility index (Phi) is 5.69. The first-order valence-electron chi connectivity index (χ1n) is 8.93. The van der Waals surface area contributed by atoms with Crippen LogP contribution in [0.25, 0.3) is 0 Å². The minimum absolute atomic E-state index is 0.0107. The number of nitrogens with one attached hydrogen (secondary N) is 2. The second-order valence-corrected chi connectivity index (χ2v) is 8.26. The van der Waals surface area contributed by atoms with Crippen molar-refractivity contribution in [2.24, 2.45) is 28.9 Å². The highest BCUT2D eigenvalue weighted by Gasteiger charge is 2.69. The average molecular weight is 406 g/mol. The lowest BCUT2D eigenvalue weighted by atomic mass is 9.98. The number of hydrogen-bond acceptors (Lipinski definition) is 4. The van der Waals surface area contributed by atoms with E-state index in [2.05, 4.69) is 5.32 Å². The van der Waals surface area contributed by atoms with Gasteiger partial charge in [-0.25, -0.2) is 0 Å². The van der Waals surface area contributed by atoms with E-state index in [-0.39, 0.29) is 29.7 Å². The maximum atomic E-state index is 12.8. The van der Waals surface area contributed by atoms with Gasteiger partial charge in [-0.3, -0.25) is 19.2 Å². The molecule has 1 aliphatic heterocycles. The van der Waals surface area contributed by atoms with Gasteiger partial charge in [0.25, 0.3) is 0 Å². The van der Waals surface area contributed by atoms with Crippen LogP contribution in [-0.4, -0.2) is 59.9 Å². The largest absolute Gasteiger partial charge is 0.471 e. The van der Waals surface area contributed by atoms with Gasteiger partial charge in [-0.1, -0.05) is 27.7 Å². The molecule has 4 amide bonds. The molecular weight excluding hydrogens is 381 g/mol. The number of nitrogens with zero attached hydrogens (tertiary/aromatic N) is 1. The lowest BCUT2D eigenvalue weighted by molar-refractivity contribution is -0.174. The van der Waals surface area contributed by atoms with Gasteiger partial charge in [0, 0.05) is 6.54 Å². The molecule has 8 nitrogen and oxygen atoms in total. The molecular formula is C17H25F3N4O4. The number of piperidine rings is 1. The molecule has 158 valence electrons. The van der Waals surface area contributed by atoms with Gasteiger partial charge in [-0.15, -0.1) is 0 Å². The fourth-order valence-electron chi connectivity index (χ4n) is 4.01. The third-order valence-corrected chi connectivity index (χ3v) is 5.73. The Morgan fingerprint density at radius 2 is 1.79 bits per heavy atom. The number of carbonyl (C=O) groups excluding carboxylic acids is 4. The van der Waals surface area contributed by atoms with Crippen molar-refractivity contribution < 1.29 is 32.3 Å². The number of likely N-dealkylation sites (tertiary alicyclic amines) is 1. The zero-order chi connectivity index (χ0) is 21.6. The summed E-state index contributed by atoms with van der Waals surface area (Å²) in [5.74, 6) is -4.76. The number of hydrogen-bond donors (Lipinski definition) is 3. The molecule has 0 bridgehead atoms. The summed E-state index contributed by atoms with van der Waals surface area (Å²) in [6, 6.07) is -1.87. The minimum atomic E-state index is -5.10. The molecule has 3 unspecified atom stereocenters. The quantitative estimate of drug-likeness (QED) is 0.564. The van der Waals surface area contributed by atoms with Crippen molar-refractivity contribution in [3.63, 3.8) is 0 Å². The van der Waals surface area contributed by atoms with Crippen LogP contribution >= 0.6 is 0 Å². The van der Waals surface area contributed by atoms with Crippen LogP contribution < -0.4 is 16.4 Å². The summed E-state index contributed by atoms with van der Waals surface area (Å²) in [7, 11) is 0. The van der Waals surface area contributed by atoms with E-state index in [9.17, 15) is 32.3 Å². The smallest absolute Gasteiger partial charge is 0.368 e. The molecule has 1 heterocycles. The molecule has 4 N–H and O–H groups in total. The molecule has 0 aromatic rings. The molecule has 2 rings (SSSR count). The minimum Gasteiger partial charge on any atom is -0.368 e. The van der Waals surface area contributed by atoms with E-state index >= 15 is 0 Å². The first-order chi connectivity index (χ1) is 12.7. The molecule has 0 spiro atoms. The second-order valence-electron chi connectivity index (χ2n) is 8.26. The molecule has 1 aliphatic carbocycles. The number of primary amides is 1. The first-order valence-corrected chi connectivity index (χ1v) is 8.93. The molecule has 2 aliphatic rings. The van der Waals surface area contributed by atoms with Gasteiger partial charge in [-0.05, 0) is 23.2 Å². The predicted octanol–water partition coefficient (Wildman–Crippen LogP) is -0.226. The molecule has 4 atom stereocenters. The van der Waals surface area contributed by atoms with Crippen LogP contribution in [0.15, 0.2) is 0 Å². The lowest BCUT2D eigenvalue weighted by Crippen LogP contribution is -2.57. The van der Waals surface area contributed by atoms with Crippen LogP contribution in [0.5, 0.6) is 0 Å². The van der Waals surface area contributed by atoms with Crippen molar-refractivity contribution >= 4 is 23.6 Å². The second kappa shape index (κ2) is 7.25. The van der Waals surface area contributed by atoms with Gasteiger partial charge < -0.3 is 21.3 Å². The van der Waals surface area contributed by atoms with Gasteiger partial charge in [0.15, 0.2) is 0 Å². The summed E-state index contributed by atoms with van der Waals surface area (Å²) in [4.78, 5) is 48.9. The van der Waals surface area contributed by atoms with Crippen molar-refractivity contribution in [1.29, 1.82) is 0 Å². The number of rotatable bonds is 6. The van der Waals surface area contributed by atoms with Gasteiger partial charge in [0.2, 0.25) is 17.7 Å². The molecule has 2 fully saturated rings. The van der Waals surface area contributed by atoms with Crippen LogP contribution in [0.3, 0.4) is 0 Å². The lowest BCUT2D eigenvalue weighted by Gasteiger charge is -2.31. The van der Waals surface area contributed by atoms with E-state index in [1.54, 1.807) is 13.8 Å². The maximum Gasteiger partial charge on any atom is 0.471 e. The number of fused-ring (bicyclic) bond motifs is 1. The Balaban J connectivity index is 2.12. The molecule has 1 saturated carbocycles. The zero-order valence-electron chi connectivity index (χ0n) is 16.1. The van der Waals surface area contributed by atoms with E-state index in [0.717, 1.165) is 0 Å². The topological polar surface area (TPSA) is 122 Å². The summed E-state index contributed by atoms with van der Waals surface area (Å²) >= 11 is 0. The van der Waals surface area contributed by atoms with Crippen molar-refractivity contribution in [3.05, 3.63) is 0 Å². The third kappa shape index (κ3) is 4.07. The number of carbonyl (C=O) groups is 4. The fraction of sp³-hybridized carbons (Fsp3) is 0.765. The van der Waals surface area contributed by atoms with E-state index < -0.39 is 48.4 Å². The van der Waals surface area contributed by atoms with Gasteiger partial charge in [-0.2, -0.15) is 13.2 Å². The highest BCUT2D eigenvalue weighted by Crippen LogP contribution is 2.64. The standard InChI is InChI=1S/C17H25F3N4O4/c1-7(2)11(13(21)26)23-14(27)12-10-8(16(10,3)4)6-24(12)9(25)5-22-15(28)17(18,19)20/h7-8,10-12H,5-6H2,1-4H3,(H2,21,26)(H,22,28)(H,23,27)/t8?,10?,11?,12-/m0/s1. The van der Waals surface area contributed by atoms with Crippen LogP contribution in [0.2, 0.25) is 0 Å². The van der Waals surface area contributed by atoms with E-state index in [4.69, 9.17) is 5.73 Å². The van der Waals surface area contributed by atoms with Gasteiger partial charge in [0.1, 0.15) is 12.1 Å². The Labute approximate surface area is 160 Å². The number of halogens is 3. The van der Waals surface area contributed by atoms with Gasteiger partial charge >= 0.3 is 12.1 Å². The van der Waals surface area contributed by atoms with Crippen LogP contribution in [0.1, 0.15) is 27.7 Å². The zero-order valence-corrected chi connectivity index (χ0v) is 16.1. The highest BCUT2D eigenvalue weighted by atomic mass is 19.4. The molecule has 0 aromatic carbocycles. The summed E-state index contributed by atoms with van der Waals surface area (Å²) < 4.78 is 36.9. The SMILES string of the molecule is CC(C)C(NC(=O)[C@@H]1C2C(CN1C(=O)CNC(=O)C(F)(F)F)C2(C)C)C(N)=O. The normalized spacial score (nSPS) is 26.4. The van der Waals surface area contributed by atoms with Crippen LogP contribution in [-0.2, 0) is 19.2 Å². The van der Waals surface area contributed by atoms with E-state index in [1.165, 1.54) is 10.2 Å². The Morgan fingerprint density at radius 1 is 1.21 bits per heavy atom. The van der Waals surface area contributed by atoms with E-state index in [0.29, 0.717) is 0 Å². The summed E-state index contributed by atoms with van der Waals surface area (Å²) in [6.45, 7) is 6.59. The van der Waals surface area contributed by atoms with Gasteiger partial charge in [0.05, 0.1) is 6.54 Å². The average Bonchev–Trinajstić information content (AvgIpc) is 2.93. The Hall–Kier alpha value is -2.33. The first kappa shape index (κ1) is 22.0. The number of nitrogens with two attached hydrogens (primary N) is 1. The fourth-order valence-corrected chi connectivity index (χ4v) is 4.01. The molecule has 11 heteroatoms. The molecule has 0 radical (unpaired) electrons. The van der Waals surface area contributed by atoms with Crippen molar-refractivity contribution in [2.75, 3.05) is 13.1 Å². The van der Waals surface area contributed by atoms with Crippen LogP contribution in [0, 0.1) is 23.2 Å². The van der Waals surface area contributed by atoms with Crippen molar-refractivity contribution in [1.82, 2.24) is 15.5 Å². The monoisotopic (exact) mass is 406 g/mol. The van der Waals surface area contributed by atoms with Crippen molar-refractivity contribution in [3.8, 4) is 0 Å². The number of alkyl halides is 3. The Bertz CT molecular complexity index is 692. The molecule has 28 heavy (non-hydrogen) atoms. The van der Waals surface area contributed by atoms with Crippen molar-refractivity contribution in [2.45, 2.75) is 46.0 Å². The number of amides is 4. The summed E-state index contributed by atoms with van der Waals surface area (Å²) in [5, 5.41) is 4.08. The molecule has 1 saturated heterocycles. The maximum absolute atomic E-state index is 12.8.